The van der Waals surface area contributed by atoms with E-state index in [4.69, 9.17) is 5.11 Å². The normalized spacial score (nSPS) is 15.4. The number of urea groups is 1. The van der Waals surface area contributed by atoms with E-state index in [0.29, 0.717) is 12.2 Å². The average Bonchev–Trinajstić information content (AvgIpc) is 2.76. The maximum Gasteiger partial charge on any atom is 0.352 e. The molecule has 1 aromatic heterocycles. The molecule has 108 valence electrons. The van der Waals surface area contributed by atoms with Crippen molar-refractivity contribution in [3.8, 4) is 0 Å². The number of fused-ring (bicyclic) bond motifs is 1. The predicted octanol–water partition coefficient (Wildman–Crippen LogP) is 1.32. The summed E-state index contributed by atoms with van der Waals surface area (Å²) in [5.41, 5.74) is 1.53. The monoisotopic (exact) mass is 287 g/mol. The van der Waals surface area contributed by atoms with Crippen molar-refractivity contribution in [1.82, 2.24) is 9.88 Å². The van der Waals surface area contributed by atoms with Crippen LogP contribution in [0, 0.1) is 0 Å². The Hall–Kier alpha value is -2.83. The fourth-order valence-electron chi connectivity index (χ4n) is 2.50. The van der Waals surface area contributed by atoms with Crippen LogP contribution < -0.4 is 10.2 Å². The molecule has 21 heavy (non-hydrogen) atoms. The molecule has 1 saturated heterocycles. The van der Waals surface area contributed by atoms with Gasteiger partial charge in [0, 0.05) is 31.1 Å². The number of carboxylic acid groups (broad SMARTS) is 1. The second kappa shape index (κ2) is 4.62. The van der Waals surface area contributed by atoms with Crippen LogP contribution in [0.15, 0.2) is 24.3 Å². The second-order valence-electron chi connectivity index (χ2n) is 4.89. The Bertz CT molecular complexity index is 778. The van der Waals surface area contributed by atoms with E-state index in [-0.39, 0.29) is 18.0 Å². The van der Waals surface area contributed by atoms with Crippen LogP contribution >= 0.6 is 0 Å². The van der Waals surface area contributed by atoms with Gasteiger partial charge in [-0.05, 0) is 18.2 Å². The van der Waals surface area contributed by atoms with E-state index in [2.05, 4.69) is 5.32 Å². The zero-order valence-electron chi connectivity index (χ0n) is 11.3. The van der Waals surface area contributed by atoms with Crippen LogP contribution in [0.1, 0.15) is 16.9 Å². The molecule has 0 spiro atoms. The Morgan fingerprint density at radius 1 is 1.29 bits per heavy atom. The number of hydrogen-bond donors (Lipinski definition) is 2. The van der Waals surface area contributed by atoms with Crippen molar-refractivity contribution in [2.75, 3.05) is 11.4 Å². The van der Waals surface area contributed by atoms with Gasteiger partial charge in [-0.1, -0.05) is 6.07 Å². The number of hydrogen-bond acceptors (Lipinski definition) is 3. The number of aryl methyl sites for hydroxylation is 1. The summed E-state index contributed by atoms with van der Waals surface area (Å²) in [6, 6.07) is 6.38. The Kier molecular flexibility index (Phi) is 2.90. The van der Waals surface area contributed by atoms with E-state index in [1.807, 2.05) is 0 Å². The zero-order chi connectivity index (χ0) is 15.1. The summed E-state index contributed by atoms with van der Waals surface area (Å²) in [6.45, 7) is 0.312. The molecule has 0 aliphatic carbocycles. The van der Waals surface area contributed by atoms with Crippen LogP contribution in [0.4, 0.5) is 10.5 Å². The van der Waals surface area contributed by atoms with E-state index in [0.717, 1.165) is 10.9 Å². The summed E-state index contributed by atoms with van der Waals surface area (Å²) < 4.78 is 1.56. The summed E-state index contributed by atoms with van der Waals surface area (Å²) >= 11 is 0. The number of benzene rings is 1. The third-order valence-corrected chi connectivity index (χ3v) is 3.61. The molecule has 1 aliphatic heterocycles. The van der Waals surface area contributed by atoms with Crippen LogP contribution in [-0.2, 0) is 11.8 Å². The molecule has 0 bridgehead atoms. The highest BCUT2D eigenvalue weighted by molar-refractivity contribution is 6.06. The van der Waals surface area contributed by atoms with Gasteiger partial charge in [-0.15, -0.1) is 0 Å². The smallest absolute Gasteiger partial charge is 0.352 e. The van der Waals surface area contributed by atoms with E-state index in [9.17, 15) is 14.4 Å². The molecule has 1 aliphatic rings. The van der Waals surface area contributed by atoms with Gasteiger partial charge in [-0.2, -0.15) is 0 Å². The predicted molar refractivity (Wildman–Crippen MR) is 75.4 cm³/mol. The van der Waals surface area contributed by atoms with E-state index >= 15 is 0 Å². The number of anilines is 1. The van der Waals surface area contributed by atoms with Gasteiger partial charge >= 0.3 is 12.0 Å². The number of aromatic nitrogens is 1. The van der Waals surface area contributed by atoms with Crippen LogP contribution in [0.5, 0.6) is 0 Å². The lowest BCUT2D eigenvalue weighted by molar-refractivity contribution is -0.120. The van der Waals surface area contributed by atoms with Crippen LogP contribution in [0.2, 0.25) is 0 Å². The fourth-order valence-corrected chi connectivity index (χ4v) is 2.50. The lowest BCUT2D eigenvalue weighted by atomic mass is 10.2. The number of carbonyl (C=O) groups excluding carboxylic acids is 2. The lowest BCUT2D eigenvalue weighted by Crippen LogP contribution is -2.49. The molecule has 3 amide bonds. The van der Waals surface area contributed by atoms with E-state index in [1.165, 1.54) is 4.90 Å². The van der Waals surface area contributed by atoms with Gasteiger partial charge in [0.25, 0.3) is 0 Å². The topological polar surface area (TPSA) is 91.6 Å². The highest BCUT2D eigenvalue weighted by Gasteiger charge is 2.24. The molecule has 0 unspecified atom stereocenters. The molecule has 1 aromatic carbocycles. The number of imide groups is 1. The highest BCUT2D eigenvalue weighted by atomic mass is 16.4. The zero-order valence-corrected chi connectivity index (χ0v) is 11.3. The molecule has 0 radical (unpaired) electrons. The molecular weight excluding hydrogens is 274 g/mol. The first-order valence-electron chi connectivity index (χ1n) is 6.41. The quantitative estimate of drug-likeness (QED) is 0.871. The number of aromatic carboxylic acids is 1. The minimum absolute atomic E-state index is 0.181. The molecule has 2 aromatic rings. The van der Waals surface area contributed by atoms with Gasteiger partial charge in [0.1, 0.15) is 5.69 Å². The number of carboxylic acids is 1. The summed E-state index contributed by atoms with van der Waals surface area (Å²) in [6.07, 6.45) is 0.247. The summed E-state index contributed by atoms with van der Waals surface area (Å²) in [5.74, 6) is -1.29. The molecule has 7 heteroatoms. The number of carbonyl (C=O) groups is 3. The second-order valence-corrected chi connectivity index (χ2v) is 4.89. The van der Waals surface area contributed by atoms with Gasteiger partial charge in [-0.25, -0.2) is 9.59 Å². The molecule has 0 saturated carbocycles. The molecular formula is C14H13N3O4. The number of nitrogens with zero attached hydrogens (tertiary/aromatic N) is 2. The van der Waals surface area contributed by atoms with Crippen molar-refractivity contribution in [3.63, 3.8) is 0 Å². The van der Waals surface area contributed by atoms with E-state index < -0.39 is 12.0 Å². The van der Waals surface area contributed by atoms with Crippen molar-refractivity contribution >= 4 is 34.5 Å². The maximum atomic E-state index is 11.8. The Balaban J connectivity index is 2.05. The van der Waals surface area contributed by atoms with Gasteiger partial charge < -0.3 is 9.67 Å². The molecule has 2 heterocycles. The SMILES string of the molecule is Cn1c(C(=O)O)cc2ccc(N3CCC(=O)NC3=O)cc21. The summed E-state index contributed by atoms with van der Waals surface area (Å²) in [4.78, 5) is 35.6. The van der Waals surface area contributed by atoms with Gasteiger partial charge in [-0.3, -0.25) is 15.0 Å². The van der Waals surface area contributed by atoms with Crippen LogP contribution in [0.25, 0.3) is 10.9 Å². The van der Waals surface area contributed by atoms with Crippen molar-refractivity contribution in [1.29, 1.82) is 0 Å². The Morgan fingerprint density at radius 2 is 2.05 bits per heavy atom. The largest absolute Gasteiger partial charge is 0.477 e. The van der Waals surface area contributed by atoms with Crippen molar-refractivity contribution in [3.05, 3.63) is 30.0 Å². The minimum Gasteiger partial charge on any atom is -0.477 e. The average molecular weight is 287 g/mol. The minimum atomic E-state index is -1.00. The van der Waals surface area contributed by atoms with Crippen molar-refractivity contribution in [2.24, 2.45) is 7.05 Å². The summed E-state index contributed by atoms with van der Waals surface area (Å²) in [7, 11) is 1.66. The Morgan fingerprint density at radius 3 is 2.71 bits per heavy atom. The Labute approximate surface area is 119 Å². The van der Waals surface area contributed by atoms with Crippen LogP contribution in [0.3, 0.4) is 0 Å². The highest BCUT2D eigenvalue weighted by Crippen LogP contribution is 2.26. The summed E-state index contributed by atoms with van der Waals surface area (Å²) in [5, 5.41) is 12.2. The van der Waals surface area contributed by atoms with Gasteiger partial charge in [0.15, 0.2) is 0 Å². The van der Waals surface area contributed by atoms with Gasteiger partial charge in [0.05, 0.1) is 5.52 Å². The first-order valence-corrected chi connectivity index (χ1v) is 6.41. The first-order chi connectivity index (χ1) is 9.97. The molecule has 2 N–H and O–H groups in total. The van der Waals surface area contributed by atoms with Crippen molar-refractivity contribution < 1.29 is 19.5 Å². The first kappa shape index (κ1) is 13.2. The fraction of sp³-hybridized carbons (Fsp3) is 0.214. The maximum absolute atomic E-state index is 11.8. The molecule has 1 fully saturated rings. The molecule has 0 atom stereocenters. The third-order valence-electron chi connectivity index (χ3n) is 3.61. The van der Waals surface area contributed by atoms with E-state index in [1.54, 1.807) is 35.9 Å². The number of amides is 3. The van der Waals surface area contributed by atoms with Crippen LogP contribution in [-0.4, -0.2) is 34.1 Å². The third kappa shape index (κ3) is 2.12. The number of rotatable bonds is 2. The standard InChI is InChI=1S/C14H13N3O4/c1-16-10-7-9(17-5-4-12(18)15-14(17)21)3-2-8(10)6-11(16)13(19)20/h2-3,6-7H,4-5H2,1H3,(H,19,20)(H,15,18,21). The van der Waals surface area contributed by atoms with Gasteiger partial charge in [0.2, 0.25) is 5.91 Å². The molecule has 3 rings (SSSR count). The van der Waals surface area contributed by atoms with Crippen molar-refractivity contribution in [2.45, 2.75) is 6.42 Å². The lowest BCUT2D eigenvalue weighted by Gasteiger charge is -2.26. The number of nitrogens with one attached hydrogen (secondary N) is 1. The molecule has 7 nitrogen and oxygen atoms in total.